The summed E-state index contributed by atoms with van der Waals surface area (Å²) in [5.41, 5.74) is 28.8. The third kappa shape index (κ3) is 15.2. The Bertz CT molecular complexity index is 4600. The molecule has 0 saturated heterocycles. The van der Waals surface area contributed by atoms with Gasteiger partial charge in [0.1, 0.15) is 0 Å². The normalized spacial score (nSPS) is 14.8. The first kappa shape index (κ1) is 62.2. The second-order valence-electron chi connectivity index (χ2n) is 25.1. The van der Waals surface area contributed by atoms with Crippen LogP contribution in [0.1, 0.15) is 123 Å². The molecule has 0 spiro atoms. The van der Waals surface area contributed by atoms with Crippen LogP contribution in [-0.4, -0.2) is 25.8 Å². The molecule has 0 fully saturated rings. The van der Waals surface area contributed by atoms with Gasteiger partial charge in [0.15, 0.2) is 0 Å². The number of fused-ring (bicyclic) bond motifs is 8. The van der Waals surface area contributed by atoms with Crippen molar-refractivity contribution in [3.63, 3.8) is 0 Å². The van der Waals surface area contributed by atoms with E-state index in [1.807, 2.05) is 42.5 Å². The molecule has 91 heavy (non-hydrogen) atoms. The molecule has 6 nitrogen and oxygen atoms in total. The molecule has 0 unspecified atom stereocenters. The summed E-state index contributed by atoms with van der Waals surface area (Å²) < 4.78 is 0. The van der Waals surface area contributed by atoms with E-state index >= 15 is 0 Å². The van der Waals surface area contributed by atoms with Gasteiger partial charge in [0, 0.05) is 55.6 Å². The predicted molar refractivity (Wildman–Crippen MR) is 390 cm³/mol. The SMILES string of the molecule is CC1=C(/C=C/C(C)=C/C=C/C(C)=C/C=C/C=C(C)/C=C/C=C(C)/C=C/c2cccc(C(=O)Nc3ccc(-c4c5nc(c(-c6ccc(C)cc6)c6ccc([nH]6)c(-c6ccc(C)cc6)c6nc(c(-c7ccc(C)cc7)c7ccc4[nH]7)C=C6)C=C5)cc3)c2)C(C)(C)CCC1. The summed E-state index contributed by atoms with van der Waals surface area (Å²) in [6.45, 7) is 21.8. The van der Waals surface area contributed by atoms with E-state index in [2.05, 4.69) is 297 Å². The van der Waals surface area contributed by atoms with Crippen LogP contribution in [-0.2, 0) is 0 Å². The van der Waals surface area contributed by atoms with E-state index in [1.165, 1.54) is 58.2 Å². The number of carbonyl (C=O) groups is 1. The van der Waals surface area contributed by atoms with Crippen LogP contribution >= 0.6 is 0 Å². The summed E-state index contributed by atoms with van der Waals surface area (Å²) >= 11 is 0. The van der Waals surface area contributed by atoms with E-state index in [9.17, 15) is 4.79 Å². The molecule has 3 N–H and O–H groups in total. The van der Waals surface area contributed by atoms with Crippen molar-refractivity contribution in [2.45, 2.75) is 88.5 Å². The molecule has 5 heterocycles. The van der Waals surface area contributed by atoms with E-state index in [0.29, 0.717) is 11.3 Å². The van der Waals surface area contributed by atoms with Gasteiger partial charge in [0.05, 0.1) is 22.8 Å². The summed E-state index contributed by atoms with van der Waals surface area (Å²) in [7, 11) is 0. The van der Waals surface area contributed by atoms with Crippen LogP contribution in [0.15, 0.2) is 258 Å². The minimum Gasteiger partial charge on any atom is -0.354 e. The fourth-order valence-electron chi connectivity index (χ4n) is 12.1. The zero-order chi connectivity index (χ0) is 63.6. The van der Waals surface area contributed by atoms with Crippen molar-refractivity contribution in [1.82, 2.24) is 19.9 Å². The van der Waals surface area contributed by atoms with Crippen LogP contribution in [0.5, 0.6) is 0 Å². The maximum absolute atomic E-state index is 14.0. The average molecular weight is 1190 g/mol. The first-order chi connectivity index (χ1) is 44.0. The highest BCUT2D eigenvalue weighted by molar-refractivity contribution is 6.05. The lowest BCUT2D eigenvalue weighted by Crippen LogP contribution is -2.19. The first-order valence-electron chi connectivity index (χ1n) is 31.7. The number of allylic oxidation sites excluding steroid dienone is 19. The van der Waals surface area contributed by atoms with Gasteiger partial charge >= 0.3 is 0 Å². The highest BCUT2D eigenvalue weighted by atomic mass is 16.1. The Morgan fingerprint density at radius 2 is 0.846 bits per heavy atom. The molecule has 11 rings (SSSR count). The van der Waals surface area contributed by atoms with Crippen molar-refractivity contribution < 1.29 is 4.79 Å². The second-order valence-corrected chi connectivity index (χ2v) is 25.1. The van der Waals surface area contributed by atoms with Crippen LogP contribution in [0.2, 0.25) is 0 Å². The van der Waals surface area contributed by atoms with Crippen molar-refractivity contribution in [3.8, 4) is 44.5 Å². The lowest BCUT2D eigenvalue weighted by Gasteiger charge is -2.32. The van der Waals surface area contributed by atoms with Crippen molar-refractivity contribution >= 4 is 64.0 Å². The predicted octanol–water partition coefficient (Wildman–Crippen LogP) is 23.1. The molecule has 0 atom stereocenters. The van der Waals surface area contributed by atoms with Crippen molar-refractivity contribution in [2.24, 2.45) is 5.41 Å². The molecule has 3 aromatic heterocycles. The molecular weight excluding hydrogens is 1110 g/mol. The molecule has 0 radical (unpaired) electrons. The van der Waals surface area contributed by atoms with E-state index in [4.69, 9.17) is 9.97 Å². The Kier molecular flexibility index (Phi) is 19.1. The summed E-state index contributed by atoms with van der Waals surface area (Å²) in [4.78, 5) is 32.7. The largest absolute Gasteiger partial charge is 0.354 e. The third-order valence-corrected chi connectivity index (χ3v) is 17.2. The van der Waals surface area contributed by atoms with Gasteiger partial charge in [-0.3, -0.25) is 4.79 Å². The molecule has 452 valence electrons. The number of anilines is 1. The zero-order valence-electron chi connectivity index (χ0n) is 54.2. The lowest BCUT2D eigenvalue weighted by molar-refractivity contribution is 0.102. The number of benzene rings is 5. The fraction of sp³-hybridized carbons (Fsp3) is 0.165. The van der Waals surface area contributed by atoms with Gasteiger partial charge in [-0.25, -0.2) is 9.97 Å². The Hall–Kier alpha value is -10.4. The minimum absolute atomic E-state index is 0.193. The summed E-state index contributed by atoms with van der Waals surface area (Å²) in [5.74, 6) is -0.193. The zero-order valence-corrected chi connectivity index (χ0v) is 54.2. The van der Waals surface area contributed by atoms with Crippen LogP contribution in [0.25, 0.3) is 97.0 Å². The quantitative estimate of drug-likeness (QED) is 0.0843. The number of H-pyrrole nitrogens is 2. The van der Waals surface area contributed by atoms with Crippen LogP contribution in [0.3, 0.4) is 0 Å². The molecule has 6 heteroatoms. The summed E-state index contributed by atoms with van der Waals surface area (Å²) in [6.07, 6.45) is 42.0. The molecule has 3 aliphatic rings. The Morgan fingerprint density at radius 3 is 1.26 bits per heavy atom. The molecule has 0 saturated carbocycles. The van der Waals surface area contributed by atoms with Crippen molar-refractivity contribution in [3.05, 3.63) is 309 Å². The Labute approximate surface area is 538 Å². The molecule has 8 aromatic rings. The number of hydrogen-bond acceptors (Lipinski definition) is 3. The number of aromatic nitrogens is 4. The van der Waals surface area contributed by atoms with Gasteiger partial charge in [0.25, 0.3) is 5.91 Å². The number of carbonyl (C=O) groups excluding carboxylic acids is 1. The molecular formula is C85H81N5O. The maximum atomic E-state index is 14.0. The van der Waals surface area contributed by atoms with Gasteiger partial charge in [-0.2, -0.15) is 0 Å². The van der Waals surface area contributed by atoms with E-state index in [1.54, 1.807) is 0 Å². The molecule has 8 bridgehead atoms. The summed E-state index contributed by atoms with van der Waals surface area (Å²) in [5, 5.41) is 3.17. The molecule has 5 aromatic carbocycles. The number of rotatable bonds is 16. The van der Waals surface area contributed by atoms with Crippen molar-refractivity contribution in [2.75, 3.05) is 5.32 Å². The number of hydrogen-bond donors (Lipinski definition) is 3. The standard InChI is InChI=1S/C85H81N5O/c1-56(17-11-12-18-57(2)20-14-22-59(4)33-45-71-63(8)23-16-54-85(71,9)10)19-13-21-58(3)26-34-64-24-15-25-69(55-64)84(91)86-70-43-41-68(42-44-70)83-78-52-50-76(89-78)81(66-37-29-61(6)30-38-66)74-48-46-72(87-74)80(65-35-27-60(5)28-36-65)73-47-49-75(88-73)82(77-51-53-79(83)90-77)67-39-31-62(7)32-40-67/h11-15,17-22,24-53,55,87,90H,16,23,54H2,1-10H3,(H,86,91)/b12-11+,19-13+,20-14+,34-26+,45-33+,56-17+,57-18+,58-21+,59-22+,80-72?,80-73?,81-74?,81-76?,82-75?,82-77?,83-78?,83-79?. The number of nitrogens with zero attached hydrogens (tertiary/aromatic N) is 2. The monoisotopic (exact) mass is 1190 g/mol. The smallest absolute Gasteiger partial charge is 0.255 e. The summed E-state index contributed by atoms with van der Waals surface area (Å²) in [6, 6.07) is 50.3. The second kappa shape index (κ2) is 27.9. The van der Waals surface area contributed by atoms with Gasteiger partial charge in [-0.05, 0) is 186 Å². The van der Waals surface area contributed by atoms with Crippen LogP contribution < -0.4 is 5.32 Å². The Morgan fingerprint density at radius 1 is 0.462 bits per heavy atom. The molecule has 2 aliphatic heterocycles. The maximum Gasteiger partial charge on any atom is 0.255 e. The fourth-order valence-corrected chi connectivity index (χ4v) is 12.1. The molecule has 1 aliphatic carbocycles. The number of aromatic amines is 2. The number of aryl methyl sites for hydroxylation is 3. The van der Waals surface area contributed by atoms with Crippen LogP contribution in [0.4, 0.5) is 5.69 Å². The van der Waals surface area contributed by atoms with Crippen molar-refractivity contribution in [1.29, 1.82) is 0 Å². The van der Waals surface area contributed by atoms with E-state index in [0.717, 1.165) is 106 Å². The van der Waals surface area contributed by atoms with Gasteiger partial charge < -0.3 is 15.3 Å². The number of nitrogens with one attached hydrogen (secondary N) is 3. The minimum atomic E-state index is -0.193. The number of amides is 1. The highest BCUT2D eigenvalue weighted by Gasteiger charge is 2.27. The Balaban J connectivity index is 0.830. The van der Waals surface area contributed by atoms with Crippen LogP contribution in [0, 0.1) is 26.2 Å². The lowest BCUT2D eigenvalue weighted by atomic mass is 9.72. The highest BCUT2D eigenvalue weighted by Crippen LogP contribution is 2.42. The molecule has 1 amide bonds. The first-order valence-corrected chi connectivity index (χ1v) is 31.7. The topological polar surface area (TPSA) is 86.5 Å². The van der Waals surface area contributed by atoms with Gasteiger partial charge in [-0.1, -0.05) is 241 Å². The third-order valence-electron chi connectivity index (χ3n) is 17.2. The average Bonchev–Trinajstić information content (AvgIpc) is 1.66. The van der Waals surface area contributed by atoms with Gasteiger partial charge in [0.2, 0.25) is 0 Å². The van der Waals surface area contributed by atoms with Gasteiger partial charge in [-0.15, -0.1) is 0 Å². The van der Waals surface area contributed by atoms with E-state index < -0.39 is 0 Å². The van der Waals surface area contributed by atoms with E-state index in [-0.39, 0.29) is 11.3 Å².